The molecule has 0 aromatic heterocycles. The summed E-state index contributed by atoms with van der Waals surface area (Å²) < 4.78 is 10.3. The molecule has 1 rings (SSSR count). The van der Waals surface area contributed by atoms with Crippen molar-refractivity contribution >= 4 is 23.1 Å². The van der Waals surface area contributed by atoms with Gasteiger partial charge in [0.1, 0.15) is 0 Å². The molecule has 1 amide bonds. The summed E-state index contributed by atoms with van der Waals surface area (Å²) in [6.45, 7) is 0.279. The van der Waals surface area contributed by atoms with E-state index in [0.29, 0.717) is 16.5 Å². The van der Waals surface area contributed by atoms with Crippen LogP contribution in [0.2, 0.25) is 0 Å². The Labute approximate surface area is 118 Å². The first-order chi connectivity index (χ1) is 8.97. The van der Waals surface area contributed by atoms with E-state index in [1.807, 2.05) is 6.07 Å². The topological polar surface area (TPSA) is 64.8 Å². The van der Waals surface area contributed by atoms with Gasteiger partial charge in [-0.3, -0.25) is 4.79 Å². The molecule has 1 aromatic carbocycles. The first-order valence-electron chi connectivity index (χ1n) is 5.71. The Kier molecular flexibility index (Phi) is 5.57. The number of methoxy groups -OCH3 is 2. The van der Waals surface area contributed by atoms with Gasteiger partial charge >= 0.3 is 0 Å². The molecule has 0 aliphatic heterocycles. The summed E-state index contributed by atoms with van der Waals surface area (Å²) in [5, 5.41) is 0. The fourth-order valence-electron chi connectivity index (χ4n) is 1.62. The average Bonchev–Trinajstić information content (AvgIpc) is 2.37. The summed E-state index contributed by atoms with van der Waals surface area (Å²) in [4.78, 5) is 13.7. The number of nitrogens with zero attached hydrogens (tertiary/aromatic N) is 1. The van der Waals surface area contributed by atoms with Gasteiger partial charge in [-0.15, -0.1) is 0 Å². The Morgan fingerprint density at radius 1 is 1.32 bits per heavy atom. The van der Waals surface area contributed by atoms with E-state index in [-0.39, 0.29) is 18.9 Å². The van der Waals surface area contributed by atoms with Crippen LogP contribution in [0.5, 0.6) is 11.5 Å². The Balaban J connectivity index is 2.77. The van der Waals surface area contributed by atoms with Gasteiger partial charge in [0, 0.05) is 7.05 Å². The lowest BCUT2D eigenvalue weighted by Crippen LogP contribution is -2.35. The molecule has 0 atom stereocenters. The first-order valence-corrected chi connectivity index (χ1v) is 6.12. The maximum absolute atomic E-state index is 11.9. The van der Waals surface area contributed by atoms with E-state index in [4.69, 9.17) is 27.4 Å². The molecule has 0 bridgehead atoms. The number of likely N-dealkylation sites (N-methyl/N-ethyl adjacent to an activating group) is 1. The number of hydrogen-bond donors (Lipinski definition) is 1. The number of nitrogens with two attached hydrogens (primary N) is 1. The fourth-order valence-corrected chi connectivity index (χ4v) is 1.82. The monoisotopic (exact) mass is 282 g/mol. The maximum atomic E-state index is 11.9. The standard InChI is InChI=1S/C13H18N2O3S/c1-15(8-12(14)19)13(16)7-9-4-5-10(17-2)11(6-9)18-3/h4-6H,7-8H2,1-3H3,(H2,14,19). The van der Waals surface area contributed by atoms with Crippen LogP contribution in [0.4, 0.5) is 0 Å². The van der Waals surface area contributed by atoms with Crippen molar-refractivity contribution in [3.63, 3.8) is 0 Å². The van der Waals surface area contributed by atoms with Gasteiger partial charge in [-0.25, -0.2) is 0 Å². The molecule has 104 valence electrons. The van der Waals surface area contributed by atoms with E-state index < -0.39 is 0 Å². The second-order valence-corrected chi connectivity index (χ2v) is 4.61. The van der Waals surface area contributed by atoms with E-state index in [9.17, 15) is 4.79 Å². The van der Waals surface area contributed by atoms with Gasteiger partial charge < -0.3 is 20.1 Å². The highest BCUT2D eigenvalue weighted by molar-refractivity contribution is 7.80. The molecule has 0 aliphatic rings. The van der Waals surface area contributed by atoms with Crippen LogP contribution < -0.4 is 15.2 Å². The molecule has 0 fully saturated rings. The molecule has 0 spiro atoms. The summed E-state index contributed by atoms with van der Waals surface area (Å²) >= 11 is 4.78. The molecule has 5 nitrogen and oxygen atoms in total. The van der Waals surface area contributed by atoms with Gasteiger partial charge in [0.25, 0.3) is 0 Å². The number of benzene rings is 1. The van der Waals surface area contributed by atoms with Gasteiger partial charge in [0.05, 0.1) is 32.2 Å². The second-order valence-electron chi connectivity index (χ2n) is 4.08. The van der Waals surface area contributed by atoms with E-state index in [0.717, 1.165) is 5.56 Å². The second kappa shape index (κ2) is 6.94. The van der Waals surface area contributed by atoms with E-state index in [1.54, 1.807) is 33.4 Å². The van der Waals surface area contributed by atoms with E-state index in [1.165, 1.54) is 4.90 Å². The number of carbonyl (C=O) groups is 1. The quantitative estimate of drug-likeness (QED) is 0.788. The van der Waals surface area contributed by atoms with Crippen LogP contribution in [0.3, 0.4) is 0 Å². The molecule has 1 aromatic rings. The lowest BCUT2D eigenvalue weighted by Gasteiger charge is -2.16. The lowest BCUT2D eigenvalue weighted by atomic mass is 10.1. The molecule has 2 N–H and O–H groups in total. The number of ether oxygens (including phenoxy) is 2. The molecular weight excluding hydrogens is 264 g/mol. The van der Waals surface area contributed by atoms with Crippen molar-refractivity contribution in [3.05, 3.63) is 23.8 Å². The smallest absolute Gasteiger partial charge is 0.227 e. The molecule has 0 aliphatic carbocycles. The Morgan fingerprint density at radius 2 is 1.95 bits per heavy atom. The lowest BCUT2D eigenvalue weighted by molar-refractivity contribution is -0.128. The number of carbonyl (C=O) groups excluding carboxylic acids is 1. The third kappa shape index (κ3) is 4.40. The summed E-state index contributed by atoms with van der Waals surface area (Å²) in [5.74, 6) is 1.18. The van der Waals surface area contributed by atoms with Gasteiger partial charge in [0.2, 0.25) is 5.91 Å². The molecule has 0 heterocycles. The van der Waals surface area contributed by atoms with Crippen molar-refractivity contribution in [2.45, 2.75) is 6.42 Å². The van der Waals surface area contributed by atoms with Gasteiger partial charge in [-0.2, -0.15) is 0 Å². The third-order valence-corrected chi connectivity index (χ3v) is 2.75. The molecule has 0 saturated carbocycles. The zero-order valence-electron chi connectivity index (χ0n) is 11.3. The average molecular weight is 282 g/mol. The Morgan fingerprint density at radius 3 is 2.47 bits per heavy atom. The largest absolute Gasteiger partial charge is 0.493 e. The highest BCUT2D eigenvalue weighted by atomic mass is 32.1. The van der Waals surface area contributed by atoms with Crippen molar-refractivity contribution in [1.29, 1.82) is 0 Å². The Hall–Kier alpha value is -1.82. The van der Waals surface area contributed by atoms with Gasteiger partial charge in [-0.05, 0) is 17.7 Å². The van der Waals surface area contributed by atoms with E-state index in [2.05, 4.69) is 0 Å². The van der Waals surface area contributed by atoms with Crippen LogP contribution in [0.1, 0.15) is 5.56 Å². The normalized spacial score (nSPS) is 9.84. The van der Waals surface area contributed by atoms with Crippen molar-refractivity contribution in [2.75, 3.05) is 27.8 Å². The maximum Gasteiger partial charge on any atom is 0.227 e. The Bertz CT molecular complexity index is 477. The highest BCUT2D eigenvalue weighted by Gasteiger charge is 2.12. The van der Waals surface area contributed by atoms with Gasteiger partial charge in [0.15, 0.2) is 11.5 Å². The van der Waals surface area contributed by atoms with E-state index >= 15 is 0 Å². The molecule has 19 heavy (non-hydrogen) atoms. The van der Waals surface area contributed by atoms with Crippen LogP contribution in [0.15, 0.2) is 18.2 Å². The molecule has 0 radical (unpaired) electrons. The van der Waals surface area contributed by atoms with Gasteiger partial charge in [-0.1, -0.05) is 18.3 Å². The minimum absolute atomic E-state index is 0.0555. The predicted molar refractivity (Wildman–Crippen MR) is 77.7 cm³/mol. The molecule has 0 unspecified atom stereocenters. The number of rotatable bonds is 6. The third-order valence-electron chi connectivity index (χ3n) is 2.62. The van der Waals surface area contributed by atoms with Crippen LogP contribution in [0, 0.1) is 0 Å². The van der Waals surface area contributed by atoms with Crippen LogP contribution in [0.25, 0.3) is 0 Å². The van der Waals surface area contributed by atoms with Crippen LogP contribution >= 0.6 is 12.2 Å². The number of thiocarbonyl (C=S) groups is 1. The van der Waals surface area contributed by atoms with Crippen LogP contribution in [-0.2, 0) is 11.2 Å². The minimum Gasteiger partial charge on any atom is -0.493 e. The fraction of sp³-hybridized carbons (Fsp3) is 0.385. The summed E-state index contributed by atoms with van der Waals surface area (Å²) in [5.41, 5.74) is 6.25. The molecular formula is C13H18N2O3S. The van der Waals surface area contributed by atoms with Crippen LogP contribution in [-0.4, -0.2) is 43.6 Å². The molecule has 6 heteroatoms. The van der Waals surface area contributed by atoms with Crippen molar-refractivity contribution in [3.8, 4) is 11.5 Å². The minimum atomic E-state index is -0.0555. The van der Waals surface area contributed by atoms with Crippen molar-refractivity contribution in [2.24, 2.45) is 5.73 Å². The predicted octanol–water partition coefficient (Wildman–Crippen LogP) is 0.991. The summed E-state index contributed by atoms with van der Waals surface area (Å²) in [6.07, 6.45) is 0.263. The summed E-state index contributed by atoms with van der Waals surface area (Å²) in [6, 6.07) is 5.38. The number of amides is 1. The zero-order chi connectivity index (χ0) is 14.4. The summed E-state index contributed by atoms with van der Waals surface area (Å²) in [7, 11) is 4.79. The van der Waals surface area contributed by atoms with Crippen molar-refractivity contribution < 1.29 is 14.3 Å². The first kappa shape index (κ1) is 15.2. The SMILES string of the molecule is COc1ccc(CC(=O)N(C)CC(N)=S)cc1OC. The van der Waals surface area contributed by atoms with Crippen molar-refractivity contribution in [1.82, 2.24) is 4.90 Å². The molecule has 0 saturated heterocycles. The zero-order valence-corrected chi connectivity index (χ0v) is 12.1. The highest BCUT2D eigenvalue weighted by Crippen LogP contribution is 2.27. The number of hydrogen-bond acceptors (Lipinski definition) is 4.